The standard InChI is InChI=1S/C25H45NO6/c1-3-5-7-9-11-13-15-17-22(27)31-24(29)20-19-21(26)25(30)32-23(28)18-16-14-12-10-8-6-4-2/h21H,3-20,26H2,1-2H3. The molecule has 32 heavy (non-hydrogen) atoms. The fourth-order valence-electron chi connectivity index (χ4n) is 3.31. The van der Waals surface area contributed by atoms with Crippen molar-refractivity contribution in [1.82, 2.24) is 0 Å². The molecule has 0 radical (unpaired) electrons. The van der Waals surface area contributed by atoms with Gasteiger partial charge in [-0.05, 0) is 19.3 Å². The van der Waals surface area contributed by atoms with E-state index < -0.39 is 29.9 Å². The monoisotopic (exact) mass is 455 g/mol. The van der Waals surface area contributed by atoms with Crippen LogP contribution in [0.4, 0.5) is 0 Å². The lowest BCUT2D eigenvalue weighted by atomic mass is 10.1. The Bertz CT molecular complexity index is 535. The van der Waals surface area contributed by atoms with Crippen LogP contribution in [-0.2, 0) is 28.7 Å². The third-order valence-electron chi connectivity index (χ3n) is 5.37. The Morgan fingerprint density at radius 2 is 0.938 bits per heavy atom. The van der Waals surface area contributed by atoms with Gasteiger partial charge >= 0.3 is 23.9 Å². The van der Waals surface area contributed by atoms with E-state index >= 15 is 0 Å². The van der Waals surface area contributed by atoms with Gasteiger partial charge in [-0.25, -0.2) is 4.79 Å². The van der Waals surface area contributed by atoms with Gasteiger partial charge in [0, 0.05) is 19.3 Å². The van der Waals surface area contributed by atoms with Crippen LogP contribution >= 0.6 is 0 Å². The summed E-state index contributed by atoms with van der Waals surface area (Å²) in [6.45, 7) is 4.33. The van der Waals surface area contributed by atoms with Crippen molar-refractivity contribution < 1.29 is 28.7 Å². The van der Waals surface area contributed by atoms with Crippen molar-refractivity contribution in [3.8, 4) is 0 Å². The molecular formula is C25H45NO6. The van der Waals surface area contributed by atoms with E-state index in [9.17, 15) is 19.2 Å². The predicted molar refractivity (Wildman–Crippen MR) is 125 cm³/mol. The summed E-state index contributed by atoms with van der Waals surface area (Å²) in [6, 6.07) is -1.10. The van der Waals surface area contributed by atoms with Crippen LogP contribution in [0.1, 0.15) is 129 Å². The first-order valence-corrected chi connectivity index (χ1v) is 12.6. The molecule has 0 aliphatic carbocycles. The second-order valence-electron chi connectivity index (χ2n) is 8.53. The number of ether oxygens (including phenoxy) is 2. The van der Waals surface area contributed by atoms with Gasteiger partial charge in [0.2, 0.25) is 0 Å². The maximum absolute atomic E-state index is 11.9. The summed E-state index contributed by atoms with van der Waals surface area (Å²) in [5, 5.41) is 0. The molecular weight excluding hydrogens is 410 g/mol. The molecule has 2 N–H and O–H groups in total. The maximum atomic E-state index is 11.9. The molecule has 0 amide bonds. The van der Waals surface area contributed by atoms with Gasteiger partial charge in [0.1, 0.15) is 6.04 Å². The zero-order chi connectivity index (χ0) is 24.0. The van der Waals surface area contributed by atoms with Crippen LogP contribution in [0, 0.1) is 0 Å². The first-order chi connectivity index (χ1) is 15.4. The SMILES string of the molecule is CCCCCCCCCC(=O)OC(=O)CCC(N)C(=O)OC(=O)CCCCCCCCC. The highest BCUT2D eigenvalue weighted by Crippen LogP contribution is 2.11. The Morgan fingerprint density at radius 1 is 0.562 bits per heavy atom. The van der Waals surface area contributed by atoms with E-state index in [-0.39, 0.29) is 25.7 Å². The molecule has 0 aromatic carbocycles. The van der Waals surface area contributed by atoms with Gasteiger partial charge in [0.05, 0.1) is 0 Å². The smallest absolute Gasteiger partial charge is 0.330 e. The summed E-state index contributed by atoms with van der Waals surface area (Å²) in [7, 11) is 0. The fraction of sp³-hybridized carbons (Fsp3) is 0.840. The summed E-state index contributed by atoms with van der Waals surface area (Å²) in [4.78, 5) is 47.1. The van der Waals surface area contributed by atoms with Crippen LogP contribution in [0.5, 0.6) is 0 Å². The van der Waals surface area contributed by atoms with E-state index in [1.54, 1.807) is 0 Å². The molecule has 0 saturated heterocycles. The van der Waals surface area contributed by atoms with Crippen molar-refractivity contribution in [3.63, 3.8) is 0 Å². The van der Waals surface area contributed by atoms with E-state index in [2.05, 4.69) is 13.8 Å². The fourth-order valence-corrected chi connectivity index (χ4v) is 3.31. The van der Waals surface area contributed by atoms with E-state index in [1.807, 2.05) is 0 Å². The van der Waals surface area contributed by atoms with Gasteiger partial charge in [-0.3, -0.25) is 14.4 Å². The minimum Gasteiger partial charge on any atom is -0.393 e. The highest BCUT2D eigenvalue weighted by Gasteiger charge is 2.21. The van der Waals surface area contributed by atoms with Gasteiger partial charge in [-0.2, -0.15) is 0 Å². The summed E-state index contributed by atoms with van der Waals surface area (Å²) >= 11 is 0. The quantitative estimate of drug-likeness (QED) is 0.146. The highest BCUT2D eigenvalue weighted by atomic mass is 16.6. The molecule has 7 nitrogen and oxygen atoms in total. The normalized spacial score (nSPS) is 11.7. The molecule has 1 atom stereocenters. The van der Waals surface area contributed by atoms with E-state index in [0.29, 0.717) is 12.8 Å². The van der Waals surface area contributed by atoms with Gasteiger partial charge in [0.25, 0.3) is 0 Å². The molecule has 0 rings (SSSR count). The zero-order valence-corrected chi connectivity index (χ0v) is 20.3. The number of hydrogen-bond acceptors (Lipinski definition) is 7. The van der Waals surface area contributed by atoms with Crippen molar-refractivity contribution in [2.75, 3.05) is 0 Å². The van der Waals surface area contributed by atoms with Gasteiger partial charge in [0.15, 0.2) is 0 Å². The predicted octanol–water partition coefficient (Wildman–Crippen LogP) is 5.51. The van der Waals surface area contributed by atoms with Gasteiger partial charge < -0.3 is 15.2 Å². The van der Waals surface area contributed by atoms with Crippen molar-refractivity contribution in [2.45, 2.75) is 135 Å². The Labute approximate surface area is 194 Å². The number of carbonyl (C=O) groups is 4. The number of esters is 4. The average Bonchev–Trinajstić information content (AvgIpc) is 2.76. The van der Waals surface area contributed by atoms with E-state index in [4.69, 9.17) is 15.2 Å². The first-order valence-electron chi connectivity index (χ1n) is 12.6. The molecule has 0 aromatic heterocycles. The van der Waals surface area contributed by atoms with Crippen molar-refractivity contribution in [1.29, 1.82) is 0 Å². The molecule has 0 spiro atoms. The number of unbranched alkanes of at least 4 members (excludes halogenated alkanes) is 12. The van der Waals surface area contributed by atoms with Crippen LogP contribution in [-0.4, -0.2) is 29.9 Å². The zero-order valence-electron chi connectivity index (χ0n) is 20.3. The van der Waals surface area contributed by atoms with Gasteiger partial charge in [-0.15, -0.1) is 0 Å². The summed E-state index contributed by atoms with van der Waals surface area (Å²) in [5.74, 6) is -2.70. The lowest BCUT2D eigenvalue weighted by Crippen LogP contribution is -2.34. The molecule has 0 saturated carbocycles. The molecule has 0 bridgehead atoms. The van der Waals surface area contributed by atoms with E-state index in [0.717, 1.165) is 38.5 Å². The largest absolute Gasteiger partial charge is 0.393 e. The molecule has 7 heteroatoms. The van der Waals surface area contributed by atoms with Crippen LogP contribution in [0.3, 0.4) is 0 Å². The first kappa shape index (κ1) is 30.2. The van der Waals surface area contributed by atoms with Crippen LogP contribution in [0.25, 0.3) is 0 Å². The number of hydrogen-bond donors (Lipinski definition) is 1. The topological polar surface area (TPSA) is 113 Å². The van der Waals surface area contributed by atoms with Gasteiger partial charge in [-0.1, -0.05) is 90.9 Å². The molecule has 0 aliphatic heterocycles. The third-order valence-corrected chi connectivity index (χ3v) is 5.37. The van der Waals surface area contributed by atoms with Crippen LogP contribution in [0.15, 0.2) is 0 Å². The van der Waals surface area contributed by atoms with Crippen molar-refractivity contribution >= 4 is 23.9 Å². The lowest BCUT2D eigenvalue weighted by molar-refractivity contribution is -0.160. The van der Waals surface area contributed by atoms with Crippen LogP contribution < -0.4 is 5.73 Å². The van der Waals surface area contributed by atoms with Crippen molar-refractivity contribution in [2.24, 2.45) is 5.73 Å². The summed E-state index contributed by atoms with van der Waals surface area (Å²) in [6.07, 6.45) is 15.2. The van der Waals surface area contributed by atoms with E-state index in [1.165, 1.54) is 38.5 Å². The number of rotatable bonds is 20. The Morgan fingerprint density at radius 3 is 1.41 bits per heavy atom. The number of nitrogens with two attached hydrogens (primary N) is 1. The molecule has 0 aromatic rings. The molecule has 0 heterocycles. The summed E-state index contributed by atoms with van der Waals surface area (Å²) < 4.78 is 9.50. The second kappa shape index (κ2) is 21.1. The Hall–Kier alpha value is -1.76. The minimum absolute atomic E-state index is 0.0346. The second-order valence-corrected chi connectivity index (χ2v) is 8.53. The Kier molecular flexibility index (Phi) is 19.9. The highest BCUT2D eigenvalue weighted by molar-refractivity contribution is 5.89. The molecule has 0 fully saturated rings. The molecule has 1 unspecified atom stereocenters. The Balaban J connectivity index is 3.80. The summed E-state index contributed by atoms with van der Waals surface area (Å²) in [5.41, 5.74) is 5.70. The molecule has 186 valence electrons. The van der Waals surface area contributed by atoms with Crippen LogP contribution in [0.2, 0.25) is 0 Å². The third kappa shape index (κ3) is 19.0. The average molecular weight is 456 g/mol. The lowest BCUT2D eigenvalue weighted by Gasteiger charge is -2.10. The van der Waals surface area contributed by atoms with Crippen molar-refractivity contribution in [3.05, 3.63) is 0 Å². The molecule has 0 aliphatic rings. The minimum atomic E-state index is -1.10. The number of carbonyl (C=O) groups excluding carboxylic acids is 4. The maximum Gasteiger partial charge on any atom is 0.330 e.